The molecule has 0 spiro atoms. The first-order valence-corrected chi connectivity index (χ1v) is 5.89. The van der Waals surface area contributed by atoms with Crippen LogP contribution < -0.4 is 0 Å². The summed E-state index contributed by atoms with van der Waals surface area (Å²) in [4.78, 5) is 23.9. The summed E-state index contributed by atoms with van der Waals surface area (Å²) in [6, 6.07) is 1.57. The first-order valence-electron chi connectivity index (χ1n) is 5.89. The molecule has 0 aromatic heterocycles. The van der Waals surface area contributed by atoms with E-state index in [0.29, 0.717) is 11.0 Å². The van der Waals surface area contributed by atoms with E-state index in [4.69, 9.17) is 4.74 Å². The maximum Gasteiger partial charge on any atom is 0.414 e. The average Bonchev–Trinajstić information content (AvgIpc) is 2.30. The second-order valence-corrected chi connectivity index (χ2v) is 5.00. The molecule has 0 saturated carbocycles. The molecule has 1 aromatic rings. The van der Waals surface area contributed by atoms with Crippen LogP contribution in [0, 0.1) is 11.6 Å². The Morgan fingerprint density at radius 1 is 1.35 bits per heavy atom. The lowest BCUT2D eigenvalue weighted by Crippen LogP contribution is -2.56. The molecule has 1 heterocycles. The van der Waals surface area contributed by atoms with Crippen molar-refractivity contribution in [1.29, 1.82) is 0 Å². The molecule has 2 amide bonds. The Morgan fingerprint density at radius 2 is 1.90 bits per heavy atom. The molecule has 7 heteroatoms. The summed E-state index contributed by atoms with van der Waals surface area (Å²) >= 11 is 0. The lowest BCUT2D eigenvalue weighted by molar-refractivity contribution is -0.170. The van der Waals surface area contributed by atoms with Crippen molar-refractivity contribution >= 4 is 12.0 Å². The molecule has 5 nitrogen and oxygen atoms in total. The second-order valence-electron chi connectivity index (χ2n) is 5.00. The highest BCUT2D eigenvalue weighted by atomic mass is 19.1. The Bertz CT molecular complexity index is 553. The van der Waals surface area contributed by atoms with E-state index in [1.54, 1.807) is 0 Å². The molecule has 1 fully saturated rings. The quantitative estimate of drug-likeness (QED) is 0.860. The van der Waals surface area contributed by atoms with Gasteiger partial charge in [0.05, 0.1) is 12.6 Å². The van der Waals surface area contributed by atoms with Gasteiger partial charge in [-0.3, -0.25) is 4.79 Å². The van der Waals surface area contributed by atoms with E-state index in [1.165, 1.54) is 13.8 Å². The maximum atomic E-state index is 13.2. The minimum absolute atomic E-state index is 0.0359. The Kier molecular flexibility index (Phi) is 3.47. The fourth-order valence-corrected chi connectivity index (χ4v) is 2.09. The van der Waals surface area contributed by atoms with Crippen molar-refractivity contribution < 1.29 is 28.2 Å². The van der Waals surface area contributed by atoms with Crippen molar-refractivity contribution in [2.24, 2.45) is 0 Å². The molecule has 1 atom stereocenters. The number of hydrogen-bond acceptors (Lipinski definition) is 3. The van der Waals surface area contributed by atoms with Crippen molar-refractivity contribution in [3.63, 3.8) is 0 Å². The van der Waals surface area contributed by atoms with Crippen molar-refractivity contribution in [2.75, 3.05) is 6.61 Å². The van der Waals surface area contributed by atoms with Gasteiger partial charge in [0.2, 0.25) is 0 Å². The summed E-state index contributed by atoms with van der Waals surface area (Å²) in [5.74, 6) is -2.46. The topological polar surface area (TPSA) is 66.8 Å². The molecule has 1 aliphatic heterocycles. The molecule has 0 radical (unpaired) electrons. The van der Waals surface area contributed by atoms with Crippen molar-refractivity contribution in [1.82, 2.24) is 4.90 Å². The van der Waals surface area contributed by atoms with Gasteiger partial charge < -0.3 is 9.84 Å². The fraction of sp³-hybridized carbons (Fsp3) is 0.385. The second kappa shape index (κ2) is 4.82. The number of carbonyl (C=O) groups excluding carboxylic acids is 1. The number of morpholine rings is 1. The third kappa shape index (κ3) is 2.49. The number of nitrogens with zero attached hydrogens (tertiary/aromatic N) is 1. The molecule has 1 N–H and O–H groups in total. The standard InChI is InChI=1S/C13H13F2NO4/c1-13(2)11(17)16(12(18)19)10(6-20-13)7-3-8(14)5-9(15)4-7/h3-5,10H,6H2,1-2H3,(H,18,19). The maximum absolute atomic E-state index is 13.2. The van der Waals surface area contributed by atoms with Crippen molar-refractivity contribution in [2.45, 2.75) is 25.5 Å². The Labute approximate surface area is 113 Å². The van der Waals surface area contributed by atoms with Crippen molar-refractivity contribution in [3.8, 4) is 0 Å². The van der Waals surface area contributed by atoms with Gasteiger partial charge in [-0.15, -0.1) is 0 Å². The van der Waals surface area contributed by atoms with Crippen molar-refractivity contribution in [3.05, 3.63) is 35.4 Å². The van der Waals surface area contributed by atoms with E-state index in [2.05, 4.69) is 0 Å². The summed E-state index contributed by atoms with van der Waals surface area (Å²) in [7, 11) is 0. The predicted octanol–water partition coefficient (Wildman–Crippen LogP) is 2.32. The first kappa shape index (κ1) is 14.4. The largest absolute Gasteiger partial charge is 0.465 e. The molecule has 1 aliphatic rings. The number of imide groups is 1. The van der Waals surface area contributed by atoms with E-state index in [0.717, 1.165) is 12.1 Å². The van der Waals surface area contributed by atoms with E-state index >= 15 is 0 Å². The van der Waals surface area contributed by atoms with Gasteiger partial charge in [0, 0.05) is 6.07 Å². The Hall–Kier alpha value is -2.02. The van der Waals surface area contributed by atoms with Crippen LogP contribution in [0.25, 0.3) is 0 Å². The number of hydrogen-bond donors (Lipinski definition) is 1. The molecule has 1 saturated heterocycles. The molecular formula is C13H13F2NO4. The number of carboxylic acid groups (broad SMARTS) is 1. The highest BCUT2D eigenvalue weighted by Gasteiger charge is 2.45. The molecular weight excluding hydrogens is 272 g/mol. The van der Waals surface area contributed by atoms with E-state index in [9.17, 15) is 23.5 Å². The predicted molar refractivity (Wildman–Crippen MR) is 64.0 cm³/mol. The van der Waals surface area contributed by atoms with Gasteiger partial charge in [0.1, 0.15) is 17.2 Å². The van der Waals surface area contributed by atoms with Crippen LogP contribution in [0.15, 0.2) is 18.2 Å². The Balaban J connectivity index is 2.44. The van der Waals surface area contributed by atoms with Crippen LogP contribution in [0.2, 0.25) is 0 Å². The van der Waals surface area contributed by atoms with Gasteiger partial charge >= 0.3 is 6.09 Å². The van der Waals surface area contributed by atoms with Gasteiger partial charge in [-0.2, -0.15) is 0 Å². The van der Waals surface area contributed by atoms with Gasteiger partial charge in [0.25, 0.3) is 5.91 Å². The first-order chi connectivity index (χ1) is 9.22. The molecule has 0 aliphatic carbocycles. The number of ether oxygens (including phenoxy) is 1. The van der Waals surface area contributed by atoms with Crippen LogP contribution in [0.3, 0.4) is 0 Å². The summed E-state index contributed by atoms with van der Waals surface area (Å²) in [6.45, 7) is 2.72. The zero-order valence-corrected chi connectivity index (χ0v) is 10.9. The zero-order chi connectivity index (χ0) is 15.1. The SMILES string of the molecule is CC1(C)OCC(c2cc(F)cc(F)c2)N(C(=O)O)C1=O. The van der Waals surface area contributed by atoms with Crippen LogP contribution >= 0.6 is 0 Å². The van der Waals surface area contributed by atoms with E-state index < -0.39 is 35.3 Å². The number of amides is 2. The summed E-state index contributed by atoms with van der Waals surface area (Å²) in [6.07, 6.45) is -1.49. The van der Waals surface area contributed by atoms with Crippen LogP contribution in [0.4, 0.5) is 13.6 Å². The lowest BCUT2D eigenvalue weighted by Gasteiger charge is -2.40. The molecule has 1 aromatic carbocycles. The molecule has 1 unspecified atom stereocenters. The average molecular weight is 285 g/mol. The smallest absolute Gasteiger partial charge is 0.414 e. The normalized spacial score (nSPS) is 21.9. The van der Waals surface area contributed by atoms with Gasteiger partial charge in [-0.05, 0) is 31.5 Å². The third-order valence-corrected chi connectivity index (χ3v) is 3.12. The highest BCUT2D eigenvalue weighted by molar-refractivity contribution is 5.97. The van der Waals surface area contributed by atoms with E-state index in [-0.39, 0.29) is 12.2 Å². The zero-order valence-electron chi connectivity index (χ0n) is 10.9. The molecule has 20 heavy (non-hydrogen) atoms. The fourth-order valence-electron chi connectivity index (χ4n) is 2.09. The minimum atomic E-state index is -1.49. The molecule has 2 rings (SSSR count). The number of benzene rings is 1. The van der Waals surface area contributed by atoms with Crippen LogP contribution in [-0.4, -0.2) is 34.2 Å². The number of rotatable bonds is 1. The summed E-state index contributed by atoms with van der Waals surface area (Å²) in [5.41, 5.74) is -1.26. The van der Waals surface area contributed by atoms with Gasteiger partial charge in [-0.1, -0.05) is 0 Å². The molecule has 0 bridgehead atoms. The number of carbonyl (C=O) groups is 2. The minimum Gasteiger partial charge on any atom is -0.465 e. The lowest BCUT2D eigenvalue weighted by atomic mass is 9.98. The van der Waals surface area contributed by atoms with Crippen LogP contribution in [0.5, 0.6) is 0 Å². The summed E-state index contributed by atoms with van der Waals surface area (Å²) in [5, 5.41) is 9.17. The van der Waals surface area contributed by atoms with Gasteiger partial charge in [-0.25, -0.2) is 18.5 Å². The monoisotopic (exact) mass is 285 g/mol. The van der Waals surface area contributed by atoms with Gasteiger partial charge in [0.15, 0.2) is 0 Å². The third-order valence-electron chi connectivity index (χ3n) is 3.12. The highest BCUT2D eigenvalue weighted by Crippen LogP contribution is 2.32. The van der Waals surface area contributed by atoms with Crippen LogP contribution in [0.1, 0.15) is 25.5 Å². The van der Waals surface area contributed by atoms with E-state index in [1.807, 2.05) is 0 Å². The summed E-state index contributed by atoms with van der Waals surface area (Å²) < 4.78 is 31.8. The Morgan fingerprint density at radius 3 is 2.40 bits per heavy atom. The van der Waals surface area contributed by atoms with Crippen LogP contribution in [-0.2, 0) is 9.53 Å². The number of halogens is 2. The molecule has 108 valence electrons.